The number of hydrogen-bond donors (Lipinski definition) is 0. The Morgan fingerprint density at radius 3 is 2.35 bits per heavy atom. The Bertz CT molecular complexity index is 744. The van der Waals surface area contributed by atoms with Gasteiger partial charge in [0.15, 0.2) is 5.83 Å². The van der Waals surface area contributed by atoms with Gasteiger partial charge < -0.3 is 4.74 Å². The van der Waals surface area contributed by atoms with Gasteiger partial charge in [0.05, 0.1) is 6.10 Å². The molecule has 0 bridgehead atoms. The highest BCUT2D eigenvalue weighted by atomic mass is 19.1. The van der Waals surface area contributed by atoms with Gasteiger partial charge in [-0.1, -0.05) is 43.3 Å². The van der Waals surface area contributed by atoms with Crippen molar-refractivity contribution in [3.8, 4) is 6.07 Å². The molecule has 3 rings (SSSR count). The number of benzene rings is 1. The van der Waals surface area contributed by atoms with Crippen LogP contribution < -0.4 is 0 Å². The van der Waals surface area contributed by atoms with Crippen LogP contribution in [0, 0.1) is 23.2 Å². The van der Waals surface area contributed by atoms with Crippen molar-refractivity contribution in [3.63, 3.8) is 0 Å². The molecule has 168 valence electrons. The maximum atomic E-state index is 12.7. The fourth-order valence-corrected chi connectivity index (χ4v) is 5.17. The molecule has 2 aliphatic carbocycles. The summed E-state index contributed by atoms with van der Waals surface area (Å²) in [4.78, 5) is 0. The van der Waals surface area contributed by atoms with Crippen LogP contribution in [0.25, 0.3) is 0 Å². The standard InChI is InChI=1S/C28H38FNO/c1-2-22-8-14-25(15-9-22)26-16-10-24(11-17-26)21-31-28-18-12-23(13-19-28)6-4-3-5-7-27(29)20-30/h3,5,7-9,14-15,23-24,26,28H,2,4,6,10-13,16-19,21H2,1H3/b5-3+,27-7-/t23-,24-,26-,28-. The molecule has 2 saturated carbocycles. The van der Waals surface area contributed by atoms with Gasteiger partial charge in [-0.15, -0.1) is 0 Å². The second-order valence-electron chi connectivity index (χ2n) is 9.42. The molecule has 0 aromatic heterocycles. The van der Waals surface area contributed by atoms with Gasteiger partial charge in [-0.05, 0) is 106 Å². The maximum absolute atomic E-state index is 12.7. The first-order chi connectivity index (χ1) is 15.2. The zero-order chi connectivity index (χ0) is 21.9. The Labute approximate surface area is 188 Å². The van der Waals surface area contributed by atoms with E-state index in [0.717, 1.165) is 43.6 Å². The van der Waals surface area contributed by atoms with Crippen LogP contribution in [-0.2, 0) is 11.2 Å². The van der Waals surface area contributed by atoms with Crippen LogP contribution >= 0.6 is 0 Å². The van der Waals surface area contributed by atoms with Gasteiger partial charge >= 0.3 is 0 Å². The average molecular weight is 424 g/mol. The van der Waals surface area contributed by atoms with Gasteiger partial charge in [0.2, 0.25) is 0 Å². The molecule has 2 nitrogen and oxygen atoms in total. The molecule has 0 spiro atoms. The topological polar surface area (TPSA) is 33.0 Å². The normalized spacial score (nSPS) is 27.3. The quantitative estimate of drug-likeness (QED) is 0.300. The van der Waals surface area contributed by atoms with E-state index in [-0.39, 0.29) is 0 Å². The monoisotopic (exact) mass is 423 g/mol. The fraction of sp³-hybridized carbons (Fsp3) is 0.607. The van der Waals surface area contributed by atoms with Crippen LogP contribution in [0.2, 0.25) is 0 Å². The first-order valence-corrected chi connectivity index (χ1v) is 12.3. The van der Waals surface area contributed by atoms with E-state index in [1.807, 2.05) is 6.08 Å². The number of aryl methyl sites for hydroxylation is 1. The Balaban J connectivity index is 1.28. The van der Waals surface area contributed by atoms with E-state index in [1.54, 1.807) is 6.08 Å². The predicted octanol–water partition coefficient (Wildman–Crippen LogP) is 7.81. The molecule has 0 aliphatic heterocycles. The number of allylic oxidation sites excluding steroid dienone is 4. The molecular weight excluding hydrogens is 385 g/mol. The zero-order valence-corrected chi connectivity index (χ0v) is 19.1. The smallest absolute Gasteiger partial charge is 0.199 e. The van der Waals surface area contributed by atoms with Gasteiger partial charge in [0.1, 0.15) is 6.07 Å². The highest BCUT2D eigenvalue weighted by Gasteiger charge is 2.25. The Kier molecular flexibility index (Phi) is 9.82. The summed E-state index contributed by atoms with van der Waals surface area (Å²) in [6, 6.07) is 10.8. The van der Waals surface area contributed by atoms with Gasteiger partial charge in [-0.25, -0.2) is 0 Å². The van der Waals surface area contributed by atoms with Gasteiger partial charge in [0.25, 0.3) is 0 Å². The first-order valence-electron chi connectivity index (χ1n) is 12.3. The lowest BCUT2D eigenvalue weighted by molar-refractivity contribution is -0.00824. The molecule has 3 heteroatoms. The lowest BCUT2D eigenvalue weighted by Gasteiger charge is -2.32. The van der Waals surface area contributed by atoms with Crippen LogP contribution in [0.1, 0.15) is 88.2 Å². The third kappa shape index (κ3) is 7.93. The van der Waals surface area contributed by atoms with E-state index in [0.29, 0.717) is 6.10 Å². The number of hydrogen-bond acceptors (Lipinski definition) is 2. The second kappa shape index (κ2) is 12.8. The minimum Gasteiger partial charge on any atom is -0.378 e. The molecule has 31 heavy (non-hydrogen) atoms. The third-order valence-corrected chi connectivity index (χ3v) is 7.29. The minimum absolute atomic E-state index is 0.443. The van der Waals surface area contributed by atoms with E-state index in [1.165, 1.54) is 74.6 Å². The van der Waals surface area contributed by atoms with E-state index in [2.05, 4.69) is 31.2 Å². The third-order valence-electron chi connectivity index (χ3n) is 7.29. The molecule has 0 unspecified atom stereocenters. The SMILES string of the molecule is CCc1ccc([C@H]2CC[C@H](CO[C@H]3CC[C@H](CC/C=C/C=C(\F)C#N)CC3)CC2)cc1. The lowest BCUT2D eigenvalue weighted by atomic mass is 9.79. The van der Waals surface area contributed by atoms with Gasteiger partial charge in [-0.3, -0.25) is 0 Å². The van der Waals surface area contributed by atoms with Crippen LogP contribution in [0.3, 0.4) is 0 Å². The summed E-state index contributed by atoms with van der Waals surface area (Å²) < 4.78 is 19.1. The maximum Gasteiger partial charge on any atom is 0.199 e. The Morgan fingerprint density at radius 1 is 1.03 bits per heavy atom. The number of rotatable bonds is 9. The van der Waals surface area contributed by atoms with Crippen LogP contribution in [0.5, 0.6) is 0 Å². The van der Waals surface area contributed by atoms with E-state index >= 15 is 0 Å². The lowest BCUT2D eigenvalue weighted by Crippen LogP contribution is -2.25. The van der Waals surface area contributed by atoms with Crippen LogP contribution in [0.15, 0.2) is 48.3 Å². The summed E-state index contributed by atoms with van der Waals surface area (Å²) in [5, 5.41) is 8.38. The predicted molar refractivity (Wildman–Crippen MR) is 125 cm³/mol. The van der Waals surface area contributed by atoms with Crippen molar-refractivity contribution in [2.75, 3.05) is 6.61 Å². The van der Waals surface area contributed by atoms with E-state index < -0.39 is 5.83 Å². The summed E-state index contributed by atoms with van der Waals surface area (Å²) in [7, 11) is 0. The molecule has 0 atom stereocenters. The molecule has 0 heterocycles. The highest BCUT2D eigenvalue weighted by Crippen LogP contribution is 2.37. The highest BCUT2D eigenvalue weighted by molar-refractivity contribution is 5.25. The molecule has 0 amide bonds. The molecule has 2 aliphatic rings. The summed E-state index contributed by atoms with van der Waals surface area (Å²) >= 11 is 0. The van der Waals surface area contributed by atoms with Gasteiger partial charge in [0, 0.05) is 6.61 Å². The average Bonchev–Trinajstić information content (AvgIpc) is 2.83. The summed E-state index contributed by atoms with van der Waals surface area (Å²) in [5.41, 5.74) is 2.95. The number of ether oxygens (including phenoxy) is 1. The summed E-state index contributed by atoms with van der Waals surface area (Å²) in [6.45, 7) is 3.15. The Morgan fingerprint density at radius 2 is 1.71 bits per heavy atom. The van der Waals surface area contributed by atoms with Crippen molar-refractivity contribution in [1.29, 1.82) is 5.26 Å². The number of halogens is 1. The van der Waals surface area contributed by atoms with Crippen LogP contribution in [0.4, 0.5) is 4.39 Å². The molecule has 2 fully saturated rings. The van der Waals surface area contributed by atoms with Crippen molar-refractivity contribution in [3.05, 3.63) is 59.4 Å². The first kappa shape index (κ1) is 23.7. The van der Waals surface area contributed by atoms with E-state index in [4.69, 9.17) is 10.00 Å². The molecule has 0 N–H and O–H groups in total. The van der Waals surface area contributed by atoms with Crippen molar-refractivity contribution >= 4 is 0 Å². The molecule has 1 aromatic rings. The van der Waals surface area contributed by atoms with Gasteiger partial charge in [-0.2, -0.15) is 9.65 Å². The van der Waals surface area contributed by atoms with Crippen LogP contribution in [-0.4, -0.2) is 12.7 Å². The minimum atomic E-state index is -0.729. The number of nitrogens with zero attached hydrogens (tertiary/aromatic N) is 1. The Hall–Kier alpha value is -1.92. The fourth-order valence-electron chi connectivity index (χ4n) is 5.17. The summed E-state index contributed by atoms with van der Waals surface area (Å²) in [5.74, 6) is 1.49. The molecule has 1 aromatic carbocycles. The van der Waals surface area contributed by atoms with Crippen molar-refractivity contribution < 1.29 is 9.13 Å². The number of nitriles is 1. The van der Waals surface area contributed by atoms with E-state index in [9.17, 15) is 4.39 Å². The second-order valence-corrected chi connectivity index (χ2v) is 9.42. The van der Waals surface area contributed by atoms with Crippen molar-refractivity contribution in [2.45, 2.75) is 89.6 Å². The molecule has 0 radical (unpaired) electrons. The molecule has 0 saturated heterocycles. The van der Waals surface area contributed by atoms with Crippen molar-refractivity contribution in [1.82, 2.24) is 0 Å². The van der Waals surface area contributed by atoms with Crippen molar-refractivity contribution in [2.24, 2.45) is 11.8 Å². The summed E-state index contributed by atoms with van der Waals surface area (Å²) in [6.07, 6.45) is 18.5. The zero-order valence-electron chi connectivity index (χ0n) is 19.1. The largest absolute Gasteiger partial charge is 0.378 e. The molecular formula is C28H38FNO.